The van der Waals surface area contributed by atoms with Crippen molar-refractivity contribution in [3.8, 4) is 5.75 Å². The summed E-state index contributed by atoms with van der Waals surface area (Å²) in [4.78, 5) is 14.4. The van der Waals surface area contributed by atoms with Crippen molar-refractivity contribution in [3.63, 3.8) is 0 Å². The Morgan fingerprint density at radius 1 is 1.29 bits per heavy atom. The molecule has 0 unspecified atom stereocenters. The number of phenolic OH excluding ortho intramolecular Hbond substituents is 1. The molecule has 2 rings (SSSR count). The first-order valence-electron chi connectivity index (χ1n) is 6.23. The molecule has 5 nitrogen and oxygen atoms in total. The first-order valence-corrected chi connectivity index (χ1v) is 6.23. The Morgan fingerprint density at radius 3 is 2.57 bits per heavy atom. The van der Waals surface area contributed by atoms with Gasteiger partial charge in [-0.25, -0.2) is 4.39 Å². The zero-order valence-electron chi connectivity index (χ0n) is 11.2. The minimum Gasteiger partial charge on any atom is -0.507 e. The summed E-state index contributed by atoms with van der Waals surface area (Å²) in [5.41, 5.74) is 0.944. The highest BCUT2D eigenvalue weighted by Crippen LogP contribution is 2.23. The average Bonchev–Trinajstić information content (AvgIpc) is 2.46. The Balaban J connectivity index is 2.22. The number of rotatable bonds is 4. The van der Waals surface area contributed by atoms with Crippen molar-refractivity contribution in [2.24, 2.45) is 4.99 Å². The molecule has 1 atom stereocenters. The summed E-state index contributed by atoms with van der Waals surface area (Å²) >= 11 is 0. The van der Waals surface area contributed by atoms with E-state index in [0.29, 0.717) is 0 Å². The number of benzene rings is 2. The predicted molar refractivity (Wildman–Crippen MR) is 77.2 cm³/mol. The van der Waals surface area contributed by atoms with Crippen molar-refractivity contribution in [1.82, 2.24) is 0 Å². The highest BCUT2D eigenvalue weighted by Gasteiger charge is 2.09. The Kier molecular flexibility index (Phi) is 4.27. The number of phenols is 1. The molecule has 0 spiro atoms. The first-order chi connectivity index (χ1) is 9.97. The number of aromatic hydroxyl groups is 1. The minimum atomic E-state index is -0.541. The standard InChI is InChI=1S/C15H13FN2O3/c1-10(11-2-4-13(16)5-3-11)17-9-12-8-14(18(20)21)6-7-15(12)19/h2-10,19H,1H3/t10-/m0/s1. The summed E-state index contributed by atoms with van der Waals surface area (Å²) in [6.45, 7) is 1.80. The molecule has 21 heavy (non-hydrogen) atoms. The van der Waals surface area contributed by atoms with Crippen LogP contribution in [0.3, 0.4) is 0 Å². The lowest BCUT2D eigenvalue weighted by molar-refractivity contribution is -0.384. The molecule has 0 saturated heterocycles. The van der Waals surface area contributed by atoms with E-state index in [-0.39, 0.29) is 28.9 Å². The number of aliphatic imine (C=N–C) groups is 1. The monoisotopic (exact) mass is 288 g/mol. The van der Waals surface area contributed by atoms with E-state index in [1.807, 2.05) is 0 Å². The zero-order chi connectivity index (χ0) is 15.4. The fourth-order valence-corrected chi connectivity index (χ4v) is 1.78. The van der Waals surface area contributed by atoms with Crippen LogP contribution in [0, 0.1) is 15.9 Å². The van der Waals surface area contributed by atoms with Gasteiger partial charge < -0.3 is 5.11 Å². The van der Waals surface area contributed by atoms with E-state index in [1.54, 1.807) is 19.1 Å². The normalized spacial score (nSPS) is 12.5. The van der Waals surface area contributed by atoms with Crippen LogP contribution in [-0.4, -0.2) is 16.2 Å². The second-order valence-corrected chi connectivity index (χ2v) is 4.51. The van der Waals surface area contributed by atoms with Crippen LogP contribution in [0.1, 0.15) is 24.1 Å². The maximum Gasteiger partial charge on any atom is 0.270 e. The van der Waals surface area contributed by atoms with Gasteiger partial charge in [-0.05, 0) is 30.7 Å². The lowest BCUT2D eigenvalue weighted by atomic mass is 10.1. The van der Waals surface area contributed by atoms with Gasteiger partial charge in [0.05, 0.1) is 11.0 Å². The summed E-state index contributed by atoms with van der Waals surface area (Å²) in [6.07, 6.45) is 1.37. The molecule has 0 heterocycles. The molecule has 108 valence electrons. The molecule has 0 bridgehead atoms. The predicted octanol–water partition coefficient (Wildman–Crippen LogP) is 3.62. The van der Waals surface area contributed by atoms with Crippen LogP contribution in [0.5, 0.6) is 5.75 Å². The number of nitro benzene ring substituents is 1. The van der Waals surface area contributed by atoms with Gasteiger partial charge in [0.2, 0.25) is 0 Å². The minimum absolute atomic E-state index is 0.0874. The van der Waals surface area contributed by atoms with E-state index in [1.165, 1.54) is 36.5 Å². The SMILES string of the molecule is C[C@H](N=Cc1cc([N+](=O)[O-])ccc1O)c1ccc(F)cc1. The van der Waals surface area contributed by atoms with Gasteiger partial charge in [0, 0.05) is 23.9 Å². The van der Waals surface area contributed by atoms with E-state index in [4.69, 9.17) is 0 Å². The average molecular weight is 288 g/mol. The third-order valence-corrected chi connectivity index (χ3v) is 3.01. The van der Waals surface area contributed by atoms with Gasteiger partial charge in [0.15, 0.2) is 0 Å². The van der Waals surface area contributed by atoms with Crippen molar-refractivity contribution in [2.75, 3.05) is 0 Å². The zero-order valence-corrected chi connectivity index (χ0v) is 11.2. The smallest absolute Gasteiger partial charge is 0.270 e. The highest BCUT2D eigenvalue weighted by atomic mass is 19.1. The van der Waals surface area contributed by atoms with E-state index in [2.05, 4.69) is 4.99 Å². The fraction of sp³-hybridized carbons (Fsp3) is 0.133. The number of nitrogens with zero attached hydrogens (tertiary/aromatic N) is 2. The van der Waals surface area contributed by atoms with E-state index >= 15 is 0 Å². The molecule has 2 aromatic carbocycles. The second kappa shape index (κ2) is 6.13. The number of hydrogen-bond donors (Lipinski definition) is 1. The second-order valence-electron chi connectivity index (χ2n) is 4.51. The first kappa shape index (κ1) is 14.6. The van der Waals surface area contributed by atoms with Crippen molar-refractivity contribution in [3.05, 3.63) is 69.5 Å². The van der Waals surface area contributed by atoms with Crippen LogP contribution >= 0.6 is 0 Å². The molecule has 2 aromatic rings. The molecule has 0 aliphatic rings. The van der Waals surface area contributed by atoms with Crippen molar-refractivity contribution < 1.29 is 14.4 Å². The van der Waals surface area contributed by atoms with Gasteiger partial charge in [0.25, 0.3) is 5.69 Å². The molecule has 0 aromatic heterocycles. The summed E-state index contributed by atoms with van der Waals surface area (Å²) in [5.74, 6) is -0.415. The molecule has 0 fully saturated rings. The molecule has 0 aliphatic carbocycles. The van der Waals surface area contributed by atoms with Crippen LogP contribution < -0.4 is 0 Å². The summed E-state index contributed by atoms with van der Waals surface area (Å²) in [7, 11) is 0. The fourth-order valence-electron chi connectivity index (χ4n) is 1.78. The highest BCUT2D eigenvalue weighted by molar-refractivity contribution is 5.84. The molecule has 6 heteroatoms. The van der Waals surface area contributed by atoms with E-state index in [9.17, 15) is 19.6 Å². The van der Waals surface area contributed by atoms with Crippen LogP contribution in [-0.2, 0) is 0 Å². The summed E-state index contributed by atoms with van der Waals surface area (Å²) in [6, 6.07) is 9.37. The van der Waals surface area contributed by atoms with Gasteiger partial charge >= 0.3 is 0 Å². The van der Waals surface area contributed by atoms with Gasteiger partial charge in [-0.2, -0.15) is 0 Å². The van der Waals surface area contributed by atoms with Gasteiger partial charge in [0.1, 0.15) is 11.6 Å². The Bertz CT molecular complexity index is 684. The Labute approximate surface area is 120 Å². The Morgan fingerprint density at radius 2 is 1.95 bits per heavy atom. The quantitative estimate of drug-likeness (QED) is 0.530. The molecule has 1 N–H and O–H groups in total. The Hall–Kier alpha value is -2.76. The maximum atomic E-state index is 12.8. The largest absolute Gasteiger partial charge is 0.507 e. The topological polar surface area (TPSA) is 75.7 Å². The lowest BCUT2D eigenvalue weighted by Crippen LogP contribution is -1.93. The van der Waals surface area contributed by atoms with Gasteiger partial charge in [-0.1, -0.05) is 12.1 Å². The van der Waals surface area contributed by atoms with E-state index in [0.717, 1.165) is 5.56 Å². The summed E-state index contributed by atoms with van der Waals surface area (Å²) in [5, 5.41) is 20.4. The number of hydrogen-bond acceptors (Lipinski definition) is 4. The van der Waals surface area contributed by atoms with Crippen LogP contribution in [0.2, 0.25) is 0 Å². The lowest BCUT2D eigenvalue weighted by Gasteiger charge is -2.06. The molecular weight excluding hydrogens is 275 g/mol. The van der Waals surface area contributed by atoms with Crippen LogP contribution in [0.15, 0.2) is 47.5 Å². The van der Waals surface area contributed by atoms with Crippen molar-refractivity contribution >= 4 is 11.9 Å². The number of nitro groups is 1. The molecule has 0 saturated carbocycles. The number of halogens is 1. The molecule has 0 amide bonds. The van der Waals surface area contributed by atoms with Crippen LogP contribution in [0.4, 0.5) is 10.1 Å². The van der Waals surface area contributed by atoms with Gasteiger partial charge in [-0.3, -0.25) is 15.1 Å². The molecule has 0 aliphatic heterocycles. The van der Waals surface area contributed by atoms with Crippen molar-refractivity contribution in [2.45, 2.75) is 13.0 Å². The summed E-state index contributed by atoms with van der Waals surface area (Å²) < 4.78 is 12.8. The van der Waals surface area contributed by atoms with Crippen LogP contribution in [0.25, 0.3) is 0 Å². The third-order valence-electron chi connectivity index (χ3n) is 3.01. The molecular formula is C15H13FN2O3. The number of non-ortho nitro benzene ring substituents is 1. The van der Waals surface area contributed by atoms with Crippen molar-refractivity contribution in [1.29, 1.82) is 0 Å². The van der Waals surface area contributed by atoms with Gasteiger partial charge in [-0.15, -0.1) is 0 Å². The maximum absolute atomic E-state index is 12.8. The van der Waals surface area contributed by atoms with E-state index < -0.39 is 4.92 Å². The molecule has 0 radical (unpaired) electrons. The third kappa shape index (κ3) is 3.62.